The zero-order valence-electron chi connectivity index (χ0n) is 18.5. The van der Waals surface area contributed by atoms with Gasteiger partial charge in [0.25, 0.3) is 5.91 Å². The fourth-order valence-corrected chi connectivity index (χ4v) is 4.19. The molecule has 0 spiro atoms. The van der Waals surface area contributed by atoms with Crippen molar-refractivity contribution in [3.63, 3.8) is 0 Å². The van der Waals surface area contributed by atoms with Gasteiger partial charge in [0.15, 0.2) is 5.82 Å². The minimum atomic E-state index is -4.50. The predicted molar refractivity (Wildman–Crippen MR) is 118 cm³/mol. The molecule has 35 heavy (non-hydrogen) atoms. The van der Waals surface area contributed by atoms with Gasteiger partial charge >= 0.3 is 6.18 Å². The largest absolute Gasteiger partial charge is 0.417 e. The molecule has 13 heteroatoms. The van der Waals surface area contributed by atoms with E-state index < -0.39 is 17.8 Å². The summed E-state index contributed by atoms with van der Waals surface area (Å²) in [6, 6.07) is 3.59. The summed E-state index contributed by atoms with van der Waals surface area (Å²) in [5, 5.41) is 16.6. The van der Waals surface area contributed by atoms with Crippen LogP contribution in [0.4, 0.5) is 19.0 Å². The number of fused-ring (bicyclic) bond motifs is 1. The zero-order chi connectivity index (χ0) is 24.7. The molecule has 1 aliphatic rings. The standard InChI is InChI=1S/C22H21F3N8O2/c1-13(34)21(35)32-7-6-31(12-17(32)14-8-28-29-9-14)19-4-5-26-20(30-19)16-10-27-18-3-2-15(11-33(16)18)22(23,24)25/h2-5,8-11,13,17,34H,6-7,12H2,1H3,(H,28,29). The molecule has 0 aromatic carbocycles. The number of imidazole rings is 1. The van der Waals surface area contributed by atoms with Gasteiger partial charge in [0.05, 0.1) is 24.0 Å². The molecular weight excluding hydrogens is 465 g/mol. The van der Waals surface area contributed by atoms with Crippen molar-refractivity contribution in [2.24, 2.45) is 0 Å². The van der Waals surface area contributed by atoms with Gasteiger partial charge in [0.2, 0.25) is 0 Å². The Hall–Kier alpha value is -4.00. The van der Waals surface area contributed by atoms with Gasteiger partial charge in [0, 0.05) is 43.8 Å². The second kappa shape index (κ2) is 8.65. The molecule has 2 N–H and O–H groups in total. The Morgan fingerprint density at radius 2 is 2.03 bits per heavy atom. The number of halogens is 3. The van der Waals surface area contributed by atoms with E-state index in [2.05, 4.69) is 25.1 Å². The lowest BCUT2D eigenvalue weighted by Crippen LogP contribution is -2.53. The number of nitrogens with one attached hydrogen (secondary N) is 1. The number of pyridine rings is 1. The third kappa shape index (κ3) is 4.30. The lowest BCUT2D eigenvalue weighted by Gasteiger charge is -2.42. The Balaban J connectivity index is 1.47. The number of aromatic nitrogens is 6. The molecule has 5 heterocycles. The van der Waals surface area contributed by atoms with Crippen LogP contribution in [0.15, 0.2) is 49.2 Å². The average molecular weight is 486 g/mol. The fraction of sp³-hybridized carbons (Fsp3) is 0.318. The third-order valence-corrected chi connectivity index (χ3v) is 5.95. The summed E-state index contributed by atoms with van der Waals surface area (Å²) in [6.07, 6.45) is 1.62. The number of aliphatic hydroxyl groups is 1. The first-order valence-electron chi connectivity index (χ1n) is 10.8. The van der Waals surface area contributed by atoms with Gasteiger partial charge in [-0.1, -0.05) is 0 Å². The van der Waals surface area contributed by atoms with Crippen molar-refractivity contribution in [2.75, 3.05) is 24.5 Å². The quantitative estimate of drug-likeness (QED) is 0.455. The summed E-state index contributed by atoms with van der Waals surface area (Å²) in [7, 11) is 0. The number of alkyl halides is 3. The van der Waals surface area contributed by atoms with E-state index in [1.54, 1.807) is 23.4 Å². The lowest BCUT2D eigenvalue weighted by molar-refractivity contribution is -0.142. The van der Waals surface area contributed by atoms with Crippen molar-refractivity contribution in [3.8, 4) is 11.5 Å². The minimum Gasteiger partial charge on any atom is -0.384 e. The van der Waals surface area contributed by atoms with Gasteiger partial charge < -0.3 is 14.9 Å². The molecule has 0 radical (unpaired) electrons. The van der Waals surface area contributed by atoms with Crippen LogP contribution in [-0.4, -0.2) is 71.2 Å². The molecule has 10 nitrogen and oxygen atoms in total. The second-order valence-electron chi connectivity index (χ2n) is 8.23. The van der Waals surface area contributed by atoms with Crippen molar-refractivity contribution in [1.82, 2.24) is 34.4 Å². The highest BCUT2D eigenvalue weighted by molar-refractivity contribution is 5.81. The smallest absolute Gasteiger partial charge is 0.384 e. The SMILES string of the molecule is CC(O)C(=O)N1CCN(c2ccnc(-c3cnc4ccc(C(F)(F)F)cn34)n2)CC1c1cn[nH]c1. The van der Waals surface area contributed by atoms with Crippen molar-refractivity contribution in [2.45, 2.75) is 25.2 Å². The van der Waals surface area contributed by atoms with Crippen LogP contribution in [0.1, 0.15) is 24.1 Å². The van der Waals surface area contributed by atoms with Gasteiger partial charge in [-0.2, -0.15) is 18.3 Å². The first kappa shape index (κ1) is 22.8. The number of H-pyrrole nitrogens is 1. The highest BCUT2D eigenvalue weighted by atomic mass is 19.4. The van der Waals surface area contributed by atoms with E-state index in [1.807, 2.05) is 4.90 Å². The van der Waals surface area contributed by atoms with Crippen molar-refractivity contribution >= 4 is 17.4 Å². The van der Waals surface area contributed by atoms with Crippen molar-refractivity contribution in [1.29, 1.82) is 0 Å². The summed E-state index contributed by atoms with van der Waals surface area (Å²) >= 11 is 0. The van der Waals surface area contributed by atoms with Crippen LogP contribution in [0.3, 0.4) is 0 Å². The maximum Gasteiger partial charge on any atom is 0.417 e. The van der Waals surface area contributed by atoms with E-state index in [0.717, 1.165) is 17.8 Å². The Bertz CT molecular complexity index is 1350. The minimum absolute atomic E-state index is 0.219. The van der Waals surface area contributed by atoms with Gasteiger partial charge in [-0.05, 0) is 25.1 Å². The predicted octanol–water partition coefficient (Wildman–Crippen LogP) is 2.30. The van der Waals surface area contributed by atoms with Crippen molar-refractivity contribution in [3.05, 3.63) is 60.3 Å². The maximum absolute atomic E-state index is 13.2. The highest BCUT2D eigenvalue weighted by Gasteiger charge is 2.34. The molecule has 182 valence electrons. The third-order valence-electron chi connectivity index (χ3n) is 5.95. The summed E-state index contributed by atoms with van der Waals surface area (Å²) in [5.41, 5.74) is 0.635. The first-order chi connectivity index (χ1) is 16.7. The molecule has 5 rings (SSSR count). The zero-order valence-corrected chi connectivity index (χ0v) is 18.5. The summed E-state index contributed by atoms with van der Waals surface area (Å²) in [6.45, 7) is 2.58. The molecule has 2 unspecified atom stereocenters. The Kier molecular flexibility index (Phi) is 5.63. The van der Waals surface area contributed by atoms with E-state index in [0.29, 0.717) is 36.8 Å². The van der Waals surface area contributed by atoms with Crippen LogP contribution < -0.4 is 4.90 Å². The number of piperazine rings is 1. The van der Waals surface area contributed by atoms with Gasteiger partial charge in [-0.3, -0.25) is 14.3 Å². The topological polar surface area (TPSA) is 116 Å². The van der Waals surface area contributed by atoms with Crippen LogP contribution in [0.25, 0.3) is 17.2 Å². The monoisotopic (exact) mass is 486 g/mol. The van der Waals surface area contributed by atoms with Crippen LogP contribution in [0.5, 0.6) is 0 Å². The molecule has 1 fully saturated rings. The Labute approximate surface area is 197 Å². The van der Waals surface area contributed by atoms with Gasteiger partial charge in [-0.25, -0.2) is 15.0 Å². The highest BCUT2D eigenvalue weighted by Crippen LogP contribution is 2.31. The number of hydrogen-bond acceptors (Lipinski definition) is 7. The van der Waals surface area contributed by atoms with Crippen LogP contribution >= 0.6 is 0 Å². The molecule has 0 bridgehead atoms. The number of aliphatic hydroxyl groups excluding tert-OH is 1. The number of amides is 1. The van der Waals surface area contributed by atoms with Gasteiger partial charge in [-0.15, -0.1) is 0 Å². The summed E-state index contributed by atoms with van der Waals surface area (Å²) in [5.74, 6) is 0.386. The second-order valence-corrected chi connectivity index (χ2v) is 8.23. The maximum atomic E-state index is 13.2. The summed E-state index contributed by atoms with van der Waals surface area (Å²) < 4.78 is 41.0. The average Bonchev–Trinajstić information content (AvgIpc) is 3.52. The molecule has 0 saturated carbocycles. The number of hydrogen-bond donors (Lipinski definition) is 2. The first-order valence-corrected chi connectivity index (χ1v) is 10.8. The van der Waals surface area contributed by atoms with E-state index in [4.69, 9.17) is 0 Å². The molecule has 1 aliphatic heterocycles. The lowest BCUT2D eigenvalue weighted by atomic mass is 10.0. The summed E-state index contributed by atoms with van der Waals surface area (Å²) in [4.78, 5) is 29.2. The van der Waals surface area contributed by atoms with Crippen LogP contribution in [0, 0.1) is 0 Å². The number of carbonyl (C=O) groups is 1. The fourth-order valence-electron chi connectivity index (χ4n) is 4.19. The molecular formula is C22H21F3N8O2. The number of anilines is 1. The molecule has 2 atom stereocenters. The molecule has 1 amide bonds. The number of nitrogens with zero attached hydrogens (tertiary/aromatic N) is 7. The number of carbonyl (C=O) groups excluding carboxylic acids is 1. The van der Waals surface area contributed by atoms with Gasteiger partial charge in [0.1, 0.15) is 23.3 Å². The van der Waals surface area contributed by atoms with E-state index >= 15 is 0 Å². The number of aromatic amines is 1. The van der Waals surface area contributed by atoms with Crippen LogP contribution in [-0.2, 0) is 11.0 Å². The molecule has 4 aromatic heterocycles. The molecule has 4 aromatic rings. The normalized spacial score (nSPS) is 17.7. The van der Waals surface area contributed by atoms with Crippen molar-refractivity contribution < 1.29 is 23.1 Å². The Morgan fingerprint density at radius 1 is 1.20 bits per heavy atom. The van der Waals surface area contributed by atoms with E-state index in [9.17, 15) is 23.1 Å². The van der Waals surface area contributed by atoms with Crippen LogP contribution in [0.2, 0.25) is 0 Å². The Morgan fingerprint density at radius 3 is 2.74 bits per heavy atom. The number of rotatable bonds is 4. The molecule has 1 saturated heterocycles. The van der Waals surface area contributed by atoms with E-state index in [1.165, 1.54) is 29.8 Å². The van der Waals surface area contributed by atoms with E-state index in [-0.39, 0.29) is 17.8 Å². The molecule has 0 aliphatic carbocycles.